The summed E-state index contributed by atoms with van der Waals surface area (Å²) in [6, 6.07) is 1.82. The first-order chi connectivity index (χ1) is 7.76. The molecule has 6 heteroatoms. The first-order valence-corrected chi connectivity index (χ1v) is 6.01. The predicted octanol–water partition coefficient (Wildman–Crippen LogP) is 1.56. The monoisotopic (exact) mass is 241 g/mol. The number of hydrogen-bond donors (Lipinski definition) is 1. The molecule has 0 unspecified atom stereocenters. The van der Waals surface area contributed by atoms with E-state index in [1.54, 1.807) is 6.20 Å². The molecule has 1 aromatic heterocycles. The summed E-state index contributed by atoms with van der Waals surface area (Å²) in [7, 11) is 1.39. The number of thioether (sulfide) groups is 1. The van der Waals surface area contributed by atoms with Crippen LogP contribution < -0.4 is 5.32 Å². The highest BCUT2D eigenvalue weighted by molar-refractivity contribution is 7.99. The minimum absolute atomic E-state index is 0.200. The number of methoxy groups -OCH3 is 1. The minimum atomic E-state index is -0.200. The van der Waals surface area contributed by atoms with Crippen molar-refractivity contribution in [2.75, 3.05) is 24.7 Å². The molecule has 0 radical (unpaired) electrons. The summed E-state index contributed by atoms with van der Waals surface area (Å²) in [6.07, 6.45) is 2.09. The van der Waals surface area contributed by atoms with Gasteiger partial charge < -0.3 is 10.1 Å². The molecule has 0 aromatic carbocycles. The van der Waals surface area contributed by atoms with Gasteiger partial charge in [0, 0.05) is 18.5 Å². The number of carbonyl (C=O) groups is 1. The molecule has 0 fully saturated rings. The van der Waals surface area contributed by atoms with Gasteiger partial charge in [0.05, 0.1) is 13.5 Å². The molecule has 16 heavy (non-hydrogen) atoms. The maximum atomic E-state index is 10.9. The van der Waals surface area contributed by atoms with Crippen molar-refractivity contribution in [1.82, 2.24) is 9.97 Å². The molecule has 0 atom stereocenters. The number of esters is 1. The number of ether oxygens (including phenoxy) is 1. The third kappa shape index (κ3) is 4.48. The van der Waals surface area contributed by atoms with E-state index in [9.17, 15) is 4.79 Å². The Bertz CT molecular complexity index is 347. The maximum Gasteiger partial charge on any atom is 0.306 e. The van der Waals surface area contributed by atoms with Crippen LogP contribution in [0.25, 0.3) is 0 Å². The van der Waals surface area contributed by atoms with Crippen molar-refractivity contribution < 1.29 is 9.53 Å². The van der Waals surface area contributed by atoms with Crippen LogP contribution in [0.4, 0.5) is 5.95 Å². The Morgan fingerprint density at radius 1 is 1.62 bits per heavy atom. The Labute approximate surface area is 99.0 Å². The average Bonchev–Trinajstić information content (AvgIpc) is 2.30. The number of aromatic nitrogens is 2. The van der Waals surface area contributed by atoms with Crippen LogP contribution in [0, 0.1) is 0 Å². The SMILES string of the molecule is CCNc1nccc(SCCC(=O)OC)n1. The number of anilines is 1. The lowest BCUT2D eigenvalue weighted by molar-refractivity contribution is -0.140. The van der Waals surface area contributed by atoms with Crippen LogP contribution in [0.2, 0.25) is 0 Å². The van der Waals surface area contributed by atoms with E-state index >= 15 is 0 Å². The van der Waals surface area contributed by atoms with Crippen molar-refractivity contribution in [3.8, 4) is 0 Å². The first kappa shape index (κ1) is 12.8. The molecule has 0 bridgehead atoms. The van der Waals surface area contributed by atoms with Crippen molar-refractivity contribution >= 4 is 23.7 Å². The number of hydrogen-bond acceptors (Lipinski definition) is 6. The lowest BCUT2D eigenvalue weighted by atomic mass is 10.5. The third-order valence-electron chi connectivity index (χ3n) is 1.75. The fourth-order valence-corrected chi connectivity index (χ4v) is 1.79. The van der Waals surface area contributed by atoms with Crippen LogP contribution in [0.3, 0.4) is 0 Å². The summed E-state index contributed by atoms with van der Waals surface area (Å²) in [5.74, 6) is 1.08. The fraction of sp³-hybridized carbons (Fsp3) is 0.500. The van der Waals surface area contributed by atoms with Crippen LogP contribution in [0.5, 0.6) is 0 Å². The molecule has 1 N–H and O–H groups in total. The van der Waals surface area contributed by atoms with Gasteiger partial charge in [0.25, 0.3) is 0 Å². The summed E-state index contributed by atoms with van der Waals surface area (Å²) < 4.78 is 4.55. The van der Waals surface area contributed by atoms with Gasteiger partial charge in [0.2, 0.25) is 5.95 Å². The number of rotatable bonds is 6. The maximum absolute atomic E-state index is 10.9. The van der Waals surface area contributed by atoms with Gasteiger partial charge in [-0.1, -0.05) is 0 Å². The Morgan fingerprint density at radius 2 is 2.44 bits per heavy atom. The third-order valence-corrected chi connectivity index (χ3v) is 2.68. The van der Waals surface area contributed by atoms with Crippen LogP contribution in [0.15, 0.2) is 17.3 Å². The van der Waals surface area contributed by atoms with Crippen molar-refractivity contribution in [2.24, 2.45) is 0 Å². The molecule has 0 amide bonds. The van der Waals surface area contributed by atoms with Crippen LogP contribution in [0.1, 0.15) is 13.3 Å². The van der Waals surface area contributed by atoms with E-state index in [1.165, 1.54) is 18.9 Å². The number of nitrogens with one attached hydrogen (secondary N) is 1. The molecule has 0 saturated heterocycles. The fourth-order valence-electron chi connectivity index (χ4n) is 1.01. The van der Waals surface area contributed by atoms with Crippen molar-refractivity contribution in [2.45, 2.75) is 18.4 Å². The van der Waals surface area contributed by atoms with E-state index in [4.69, 9.17) is 0 Å². The molecule has 0 aliphatic carbocycles. The molecular weight excluding hydrogens is 226 g/mol. The van der Waals surface area contributed by atoms with Crippen molar-refractivity contribution in [1.29, 1.82) is 0 Å². The second kappa shape index (κ2) is 7.05. The van der Waals surface area contributed by atoms with Crippen molar-refractivity contribution in [3.05, 3.63) is 12.3 Å². The van der Waals surface area contributed by atoms with Gasteiger partial charge in [0.1, 0.15) is 5.03 Å². The van der Waals surface area contributed by atoms with Gasteiger partial charge in [-0.15, -0.1) is 11.8 Å². The van der Waals surface area contributed by atoms with Crippen LogP contribution >= 0.6 is 11.8 Å². The highest BCUT2D eigenvalue weighted by Crippen LogP contribution is 2.16. The van der Waals surface area contributed by atoms with Gasteiger partial charge in [0.15, 0.2) is 0 Å². The van der Waals surface area contributed by atoms with E-state index in [2.05, 4.69) is 20.0 Å². The lowest BCUT2D eigenvalue weighted by Crippen LogP contribution is -2.03. The molecule has 0 spiro atoms. The van der Waals surface area contributed by atoms with E-state index in [1.807, 2.05) is 13.0 Å². The Kier molecular flexibility index (Phi) is 5.63. The molecule has 0 aliphatic rings. The normalized spacial score (nSPS) is 9.88. The largest absolute Gasteiger partial charge is 0.469 e. The predicted molar refractivity (Wildman–Crippen MR) is 63.6 cm³/mol. The Balaban J connectivity index is 2.41. The average molecular weight is 241 g/mol. The highest BCUT2D eigenvalue weighted by Gasteiger charge is 2.02. The summed E-state index contributed by atoms with van der Waals surface area (Å²) in [5.41, 5.74) is 0. The second-order valence-electron chi connectivity index (χ2n) is 2.92. The van der Waals surface area contributed by atoms with Crippen molar-refractivity contribution in [3.63, 3.8) is 0 Å². The van der Waals surface area contributed by atoms with Gasteiger partial charge in [-0.05, 0) is 13.0 Å². The topological polar surface area (TPSA) is 64.1 Å². The zero-order valence-corrected chi connectivity index (χ0v) is 10.2. The van der Waals surface area contributed by atoms with Crippen LogP contribution in [-0.4, -0.2) is 35.3 Å². The molecular formula is C10H15N3O2S. The molecule has 1 aromatic rings. The van der Waals surface area contributed by atoms with Gasteiger partial charge in [-0.3, -0.25) is 4.79 Å². The second-order valence-corrected chi connectivity index (χ2v) is 4.04. The summed E-state index contributed by atoms with van der Waals surface area (Å²) in [5, 5.41) is 3.89. The highest BCUT2D eigenvalue weighted by atomic mass is 32.2. The minimum Gasteiger partial charge on any atom is -0.469 e. The zero-order chi connectivity index (χ0) is 11.8. The molecule has 1 heterocycles. The Morgan fingerprint density at radius 3 is 3.12 bits per heavy atom. The number of carbonyl (C=O) groups excluding carboxylic acids is 1. The summed E-state index contributed by atoms with van der Waals surface area (Å²) in [6.45, 7) is 2.77. The summed E-state index contributed by atoms with van der Waals surface area (Å²) >= 11 is 1.51. The standard InChI is InChI=1S/C10H15N3O2S/c1-3-11-10-12-6-4-8(13-10)16-7-5-9(14)15-2/h4,6H,3,5,7H2,1-2H3,(H,11,12,13). The molecule has 0 saturated carbocycles. The van der Waals surface area contributed by atoms with E-state index in [-0.39, 0.29) is 5.97 Å². The lowest BCUT2D eigenvalue weighted by Gasteiger charge is -2.03. The van der Waals surface area contributed by atoms with E-state index in [0.717, 1.165) is 11.6 Å². The molecule has 1 rings (SSSR count). The van der Waals surface area contributed by atoms with Gasteiger partial charge >= 0.3 is 5.97 Å². The molecule has 0 aliphatic heterocycles. The Hall–Kier alpha value is -1.30. The number of nitrogens with zero attached hydrogens (tertiary/aromatic N) is 2. The smallest absolute Gasteiger partial charge is 0.306 e. The molecule has 88 valence electrons. The first-order valence-electron chi connectivity index (χ1n) is 5.02. The van der Waals surface area contributed by atoms with E-state index < -0.39 is 0 Å². The summed E-state index contributed by atoms with van der Waals surface area (Å²) in [4.78, 5) is 19.2. The van der Waals surface area contributed by atoms with Gasteiger partial charge in [-0.25, -0.2) is 9.97 Å². The molecule has 5 nitrogen and oxygen atoms in total. The van der Waals surface area contributed by atoms with Gasteiger partial charge in [-0.2, -0.15) is 0 Å². The quantitative estimate of drug-likeness (QED) is 0.463. The van der Waals surface area contributed by atoms with Crippen LogP contribution in [-0.2, 0) is 9.53 Å². The zero-order valence-electron chi connectivity index (χ0n) is 9.40. The van der Waals surface area contributed by atoms with E-state index in [0.29, 0.717) is 18.1 Å².